The molecule has 1 aromatic carbocycles. The number of carbonyl (C=O) groups is 1. The van der Waals surface area contributed by atoms with Crippen LogP contribution in [-0.4, -0.2) is 5.97 Å². The van der Waals surface area contributed by atoms with Crippen molar-refractivity contribution >= 4 is 5.97 Å². The summed E-state index contributed by atoms with van der Waals surface area (Å²) in [6.45, 7) is 3.81. The van der Waals surface area contributed by atoms with Gasteiger partial charge in [0.1, 0.15) is 5.60 Å². The molecule has 1 aromatic rings. The lowest BCUT2D eigenvalue weighted by atomic mass is 10.1. The molecule has 0 aromatic heterocycles. The molecule has 1 heterocycles. The zero-order valence-electron chi connectivity index (χ0n) is 8.35. The van der Waals surface area contributed by atoms with Crippen molar-refractivity contribution in [1.29, 1.82) is 0 Å². The van der Waals surface area contributed by atoms with E-state index in [1.807, 2.05) is 36.4 Å². The number of carbonyl (C=O) groups excluding carboxylic acids is 1. The Hall–Kier alpha value is -1.57. The normalized spacial score (nSPS) is 36.9. The number of rotatable bonds is 2. The summed E-state index contributed by atoms with van der Waals surface area (Å²) in [4.78, 5) is 11.3. The van der Waals surface area contributed by atoms with Crippen LogP contribution in [0, 0.1) is 11.8 Å². The van der Waals surface area contributed by atoms with Crippen LogP contribution >= 0.6 is 0 Å². The SMILES string of the molecule is C=C[C@H]1[C@@H]2CC(=O)O[C@]12c1ccccc1. The highest BCUT2D eigenvalue weighted by Gasteiger charge is 2.71. The zero-order valence-corrected chi connectivity index (χ0v) is 8.35. The van der Waals surface area contributed by atoms with Crippen LogP contribution in [0.1, 0.15) is 12.0 Å². The van der Waals surface area contributed by atoms with Crippen molar-refractivity contribution in [2.45, 2.75) is 12.0 Å². The van der Waals surface area contributed by atoms with Gasteiger partial charge in [0.05, 0.1) is 6.42 Å². The maximum atomic E-state index is 11.3. The Morgan fingerprint density at radius 3 is 2.80 bits per heavy atom. The maximum absolute atomic E-state index is 11.3. The van der Waals surface area contributed by atoms with Gasteiger partial charge >= 0.3 is 5.97 Å². The van der Waals surface area contributed by atoms with Crippen LogP contribution in [-0.2, 0) is 15.1 Å². The van der Waals surface area contributed by atoms with E-state index in [2.05, 4.69) is 6.58 Å². The van der Waals surface area contributed by atoms with Gasteiger partial charge in [0.2, 0.25) is 0 Å². The number of hydrogen-bond acceptors (Lipinski definition) is 2. The first-order valence-corrected chi connectivity index (χ1v) is 5.19. The quantitative estimate of drug-likeness (QED) is 0.540. The van der Waals surface area contributed by atoms with E-state index in [0.717, 1.165) is 5.56 Å². The molecule has 2 fully saturated rings. The molecule has 2 nitrogen and oxygen atoms in total. The summed E-state index contributed by atoms with van der Waals surface area (Å²) in [5, 5.41) is 0. The van der Waals surface area contributed by atoms with Crippen LogP contribution in [0.15, 0.2) is 43.0 Å². The Kier molecular flexibility index (Phi) is 1.58. The van der Waals surface area contributed by atoms with Gasteiger partial charge in [0.25, 0.3) is 0 Å². The van der Waals surface area contributed by atoms with Crippen molar-refractivity contribution in [2.75, 3.05) is 0 Å². The van der Waals surface area contributed by atoms with E-state index in [1.165, 1.54) is 0 Å². The van der Waals surface area contributed by atoms with Crippen molar-refractivity contribution in [1.82, 2.24) is 0 Å². The minimum Gasteiger partial charge on any atom is -0.453 e. The predicted octanol–water partition coefficient (Wildman–Crippen LogP) is 2.26. The lowest BCUT2D eigenvalue weighted by Crippen LogP contribution is -2.15. The predicted molar refractivity (Wildman–Crippen MR) is 56.0 cm³/mol. The van der Waals surface area contributed by atoms with Gasteiger partial charge in [0, 0.05) is 11.8 Å². The fourth-order valence-corrected chi connectivity index (χ4v) is 2.80. The zero-order chi connectivity index (χ0) is 10.5. The molecule has 3 atom stereocenters. The molecule has 0 unspecified atom stereocenters. The molecule has 76 valence electrons. The minimum absolute atomic E-state index is 0.0815. The standard InChI is InChI=1S/C13H12O2/c1-2-10-11-8-12(14)15-13(10,11)9-6-4-3-5-7-9/h2-7,10-11H,1,8H2/t10-,11-,13+/m0/s1. The van der Waals surface area contributed by atoms with Gasteiger partial charge in [-0.3, -0.25) is 4.79 Å². The summed E-state index contributed by atoms with van der Waals surface area (Å²) in [5.41, 5.74) is 0.728. The van der Waals surface area contributed by atoms with Gasteiger partial charge in [-0.2, -0.15) is 0 Å². The van der Waals surface area contributed by atoms with E-state index in [1.54, 1.807) is 0 Å². The summed E-state index contributed by atoms with van der Waals surface area (Å²) in [5.74, 6) is 0.532. The third-order valence-corrected chi connectivity index (χ3v) is 3.52. The maximum Gasteiger partial charge on any atom is 0.307 e. The number of fused-ring (bicyclic) bond motifs is 1. The molecule has 1 saturated carbocycles. The fourth-order valence-electron chi connectivity index (χ4n) is 2.80. The minimum atomic E-state index is -0.375. The van der Waals surface area contributed by atoms with Crippen LogP contribution in [0.2, 0.25) is 0 Å². The highest BCUT2D eigenvalue weighted by Crippen LogP contribution is 2.66. The van der Waals surface area contributed by atoms with E-state index in [0.29, 0.717) is 18.3 Å². The number of benzene rings is 1. The molecule has 1 aliphatic heterocycles. The van der Waals surface area contributed by atoms with E-state index in [-0.39, 0.29) is 11.6 Å². The largest absolute Gasteiger partial charge is 0.453 e. The fraction of sp³-hybridized carbons (Fsp3) is 0.308. The van der Waals surface area contributed by atoms with Crippen LogP contribution in [0.5, 0.6) is 0 Å². The molecule has 0 spiro atoms. The summed E-state index contributed by atoms with van der Waals surface area (Å²) in [7, 11) is 0. The van der Waals surface area contributed by atoms with E-state index < -0.39 is 0 Å². The van der Waals surface area contributed by atoms with Gasteiger partial charge in [-0.05, 0) is 5.56 Å². The van der Waals surface area contributed by atoms with Crippen molar-refractivity contribution in [3.05, 3.63) is 48.6 Å². The number of esters is 1. The Morgan fingerprint density at radius 2 is 2.13 bits per heavy atom. The third kappa shape index (κ3) is 0.965. The average Bonchev–Trinajstić information content (AvgIpc) is 2.72. The van der Waals surface area contributed by atoms with Crippen LogP contribution in [0.3, 0.4) is 0 Å². The summed E-state index contributed by atoms with van der Waals surface area (Å²) >= 11 is 0. The number of hydrogen-bond donors (Lipinski definition) is 0. The van der Waals surface area contributed by atoms with Crippen LogP contribution in [0.25, 0.3) is 0 Å². The monoisotopic (exact) mass is 200 g/mol. The first kappa shape index (κ1) is 8.72. The van der Waals surface area contributed by atoms with Gasteiger partial charge in [-0.15, -0.1) is 6.58 Å². The Bertz CT molecular complexity index is 423. The topological polar surface area (TPSA) is 26.3 Å². The molecule has 0 amide bonds. The summed E-state index contributed by atoms with van der Waals surface area (Å²) < 4.78 is 5.50. The molecule has 0 radical (unpaired) electrons. The van der Waals surface area contributed by atoms with Gasteiger partial charge < -0.3 is 4.74 Å². The molecule has 1 saturated heterocycles. The lowest BCUT2D eigenvalue weighted by molar-refractivity contribution is -0.146. The molecule has 2 heteroatoms. The van der Waals surface area contributed by atoms with Crippen molar-refractivity contribution in [2.24, 2.45) is 11.8 Å². The lowest BCUT2D eigenvalue weighted by Gasteiger charge is -2.14. The molecule has 2 aliphatic rings. The Labute approximate surface area is 88.6 Å². The Morgan fingerprint density at radius 1 is 1.40 bits per heavy atom. The first-order chi connectivity index (χ1) is 7.29. The summed E-state index contributed by atoms with van der Waals surface area (Å²) in [6.07, 6.45) is 2.44. The molecular weight excluding hydrogens is 188 g/mol. The second kappa shape index (κ2) is 2.72. The molecule has 3 rings (SSSR count). The molecule has 1 aliphatic carbocycles. The van der Waals surface area contributed by atoms with Gasteiger partial charge in [-0.1, -0.05) is 36.4 Å². The molecular formula is C13H12O2. The van der Waals surface area contributed by atoms with Crippen molar-refractivity contribution in [3.63, 3.8) is 0 Å². The highest BCUT2D eigenvalue weighted by atomic mass is 16.6. The smallest absolute Gasteiger partial charge is 0.307 e. The molecule has 0 bridgehead atoms. The van der Waals surface area contributed by atoms with Gasteiger partial charge in [-0.25, -0.2) is 0 Å². The third-order valence-electron chi connectivity index (χ3n) is 3.52. The van der Waals surface area contributed by atoms with Gasteiger partial charge in [0.15, 0.2) is 0 Å². The van der Waals surface area contributed by atoms with E-state index >= 15 is 0 Å². The van der Waals surface area contributed by atoms with Crippen molar-refractivity contribution < 1.29 is 9.53 Å². The van der Waals surface area contributed by atoms with E-state index in [9.17, 15) is 4.79 Å². The Balaban J connectivity index is 2.04. The molecule has 0 N–H and O–H groups in total. The number of ether oxygens (including phenoxy) is 1. The summed E-state index contributed by atoms with van der Waals surface area (Å²) in [6, 6.07) is 9.97. The van der Waals surface area contributed by atoms with E-state index in [4.69, 9.17) is 4.74 Å². The van der Waals surface area contributed by atoms with Crippen LogP contribution < -0.4 is 0 Å². The molecule has 15 heavy (non-hydrogen) atoms. The van der Waals surface area contributed by atoms with Crippen molar-refractivity contribution in [3.8, 4) is 0 Å². The van der Waals surface area contributed by atoms with Crippen LogP contribution in [0.4, 0.5) is 0 Å². The first-order valence-electron chi connectivity index (χ1n) is 5.19. The second-order valence-corrected chi connectivity index (χ2v) is 4.21. The highest BCUT2D eigenvalue weighted by molar-refractivity contribution is 5.76. The average molecular weight is 200 g/mol. The second-order valence-electron chi connectivity index (χ2n) is 4.21.